The van der Waals surface area contributed by atoms with Gasteiger partial charge >= 0.3 is 17.9 Å². The summed E-state index contributed by atoms with van der Waals surface area (Å²) < 4.78 is 0. The minimum absolute atomic E-state index is 0.160. The molecular formula is C13H17NO8. The molecule has 1 aromatic rings. The third-order valence-electron chi connectivity index (χ3n) is 2.36. The lowest BCUT2D eigenvalue weighted by Crippen LogP contribution is -2.32. The molecule has 0 aliphatic carbocycles. The summed E-state index contributed by atoms with van der Waals surface area (Å²) in [5, 5.41) is 41.6. The van der Waals surface area contributed by atoms with Crippen molar-refractivity contribution >= 4 is 17.9 Å². The van der Waals surface area contributed by atoms with E-state index in [1.54, 1.807) is 12.1 Å². The maximum Gasteiger partial charge on any atom is 0.333 e. The summed E-state index contributed by atoms with van der Waals surface area (Å²) in [6.07, 6.45) is -2.27. The normalized spacial score (nSPS) is 12.5. The summed E-state index contributed by atoms with van der Waals surface area (Å²) in [7, 11) is 0. The second-order valence-corrected chi connectivity index (χ2v) is 4.27. The van der Waals surface area contributed by atoms with Gasteiger partial charge in [0.25, 0.3) is 0 Å². The summed E-state index contributed by atoms with van der Waals surface area (Å²) in [5.41, 5.74) is 6.12. The fourth-order valence-electron chi connectivity index (χ4n) is 1.23. The predicted octanol–water partition coefficient (Wildman–Crippen LogP) is -0.747. The van der Waals surface area contributed by atoms with Gasteiger partial charge in [0.05, 0.1) is 6.42 Å². The Bertz CT molecular complexity index is 513. The number of phenols is 1. The van der Waals surface area contributed by atoms with Gasteiger partial charge in [0, 0.05) is 0 Å². The number of rotatable bonds is 6. The highest BCUT2D eigenvalue weighted by Crippen LogP contribution is 2.10. The van der Waals surface area contributed by atoms with Crippen LogP contribution in [0.1, 0.15) is 12.0 Å². The molecule has 7 N–H and O–H groups in total. The molecule has 1 unspecified atom stereocenters. The SMILES string of the molecule is N[C@@H](Cc1ccc(O)cc1)C(=O)O.O=C(O)CC(O)C(=O)O. The van der Waals surface area contributed by atoms with Crippen molar-refractivity contribution < 1.29 is 39.9 Å². The first-order chi connectivity index (χ1) is 10.1. The van der Waals surface area contributed by atoms with E-state index in [9.17, 15) is 14.4 Å². The summed E-state index contributed by atoms with van der Waals surface area (Å²) in [5.74, 6) is -3.71. The van der Waals surface area contributed by atoms with Crippen LogP contribution >= 0.6 is 0 Å². The fraction of sp³-hybridized carbons (Fsp3) is 0.308. The van der Waals surface area contributed by atoms with Gasteiger partial charge in [0.1, 0.15) is 11.8 Å². The minimum atomic E-state index is -1.79. The standard InChI is InChI=1S/C9H11NO3.C4H6O5/c10-8(9(12)13)5-6-1-3-7(11)4-2-6;5-2(4(8)9)1-3(6)7/h1-4,8,11H,5,10H2,(H,12,13);2,5H,1H2,(H,6,7)(H,8,9)/t8-;/m0./s1. The average molecular weight is 315 g/mol. The van der Waals surface area contributed by atoms with E-state index >= 15 is 0 Å². The predicted molar refractivity (Wildman–Crippen MR) is 73.3 cm³/mol. The van der Waals surface area contributed by atoms with Crippen molar-refractivity contribution in [2.75, 3.05) is 0 Å². The molecular weight excluding hydrogens is 298 g/mol. The van der Waals surface area contributed by atoms with Crippen LogP contribution in [0.5, 0.6) is 5.75 Å². The van der Waals surface area contributed by atoms with Crippen LogP contribution in [0.25, 0.3) is 0 Å². The molecule has 0 saturated heterocycles. The molecule has 0 fully saturated rings. The number of hydrogen-bond acceptors (Lipinski definition) is 6. The Morgan fingerprint density at radius 2 is 1.50 bits per heavy atom. The smallest absolute Gasteiger partial charge is 0.333 e. The molecule has 0 radical (unpaired) electrons. The van der Waals surface area contributed by atoms with E-state index in [0.717, 1.165) is 5.56 Å². The van der Waals surface area contributed by atoms with Crippen molar-refractivity contribution in [3.8, 4) is 5.75 Å². The van der Waals surface area contributed by atoms with E-state index in [4.69, 9.17) is 31.3 Å². The zero-order chi connectivity index (χ0) is 17.3. The molecule has 1 rings (SSSR count). The van der Waals surface area contributed by atoms with Crippen molar-refractivity contribution in [1.29, 1.82) is 0 Å². The summed E-state index contributed by atoms with van der Waals surface area (Å²) in [6.45, 7) is 0. The molecule has 0 spiro atoms. The van der Waals surface area contributed by atoms with Crippen LogP contribution < -0.4 is 5.73 Å². The van der Waals surface area contributed by atoms with Crippen LogP contribution in [0.3, 0.4) is 0 Å². The topological polar surface area (TPSA) is 178 Å². The van der Waals surface area contributed by atoms with Gasteiger partial charge in [-0.3, -0.25) is 9.59 Å². The van der Waals surface area contributed by atoms with Crippen molar-refractivity contribution in [3.05, 3.63) is 29.8 Å². The quantitative estimate of drug-likeness (QED) is 0.394. The number of phenolic OH excluding ortho intramolecular Hbond substituents is 1. The van der Waals surface area contributed by atoms with Crippen LogP contribution in [0, 0.1) is 0 Å². The van der Waals surface area contributed by atoms with Crippen molar-refractivity contribution in [3.63, 3.8) is 0 Å². The van der Waals surface area contributed by atoms with Crippen molar-refractivity contribution in [2.24, 2.45) is 5.73 Å². The molecule has 0 aliphatic rings. The lowest BCUT2D eigenvalue weighted by Gasteiger charge is -2.05. The number of carboxylic acid groups (broad SMARTS) is 3. The number of nitrogens with two attached hydrogens (primary N) is 1. The number of aliphatic hydroxyl groups excluding tert-OH is 1. The number of carbonyl (C=O) groups is 3. The molecule has 122 valence electrons. The lowest BCUT2D eigenvalue weighted by atomic mass is 10.1. The molecule has 0 aliphatic heterocycles. The maximum absolute atomic E-state index is 10.4. The van der Waals surface area contributed by atoms with E-state index in [-0.39, 0.29) is 12.2 Å². The second-order valence-electron chi connectivity index (χ2n) is 4.27. The van der Waals surface area contributed by atoms with Gasteiger partial charge in [0.15, 0.2) is 6.10 Å². The van der Waals surface area contributed by atoms with Gasteiger partial charge in [-0.05, 0) is 24.1 Å². The van der Waals surface area contributed by atoms with Crippen LogP contribution in [0.4, 0.5) is 0 Å². The van der Waals surface area contributed by atoms with E-state index in [1.165, 1.54) is 12.1 Å². The van der Waals surface area contributed by atoms with E-state index in [0.29, 0.717) is 0 Å². The second kappa shape index (κ2) is 9.32. The lowest BCUT2D eigenvalue weighted by molar-refractivity contribution is -0.152. The maximum atomic E-state index is 10.4. The molecule has 0 amide bonds. The summed E-state index contributed by atoms with van der Waals surface area (Å²) in [4.78, 5) is 29.8. The Morgan fingerprint density at radius 1 is 1.00 bits per heavy atom. The number of hydrogen-bond donors (Lipinski definition) is 6. The number of carboxylic acids is 3. The van der Waals surface area contributed by atoms with Gasteiger partial charge in [-0.1, -0.05) is 12.1 Å². The molecule has 0 bridgehead atoms. The highest BCUT2D eigenvalue weighted by molar-refractivity contribution is 5.79. The third-order valence-corrected chi connectivity index (χ3v) is 2.36. The number of aliphatic hydroxyl groups is 1. The van der Waals surface area contributed by atoms with Crippen LogP contribution in [0.15, 0.2) is 24.3 Å². The van der Waals surface area contributed by atoms with E-state index in [2.05, 4.69) is 0 Å². The van der Waals surface area contributed by atoms with Crippen LogP contribution in [-0.2, 0) is 20.8 Å². The zero-order valence-electron chi connectivity index (χ0n) is 11.4. The molecule has 0 saturated carbocycles. The molecule has 22 heavy (non-hydrogen) atoms. The fourth-order valence-corrected chi connectivity index (χ4v) is 1.23. The van der Waals surface area contributed by atoms with Gasteiger partial charge in [-0.15, -0.1) is 0 Å². The number of aromatic hydroxyl groups is 1. The van der Waals surface area contributed by atoms with Crippen LogP contribution in [0.2, 0.25) is 0 Å². The van der Waals surface area contributed by atoms with Crippen molar-refractivity contribution in [1.82, 2.24) is 0 Å². The van der Waals surface area contributed by atoms with Gasteiger partial charge < -0.3 is 31.3 Å². The first-order valence-corrected chi connectivity index (χ1v) is 6.02. The zero-order valence-corrected chi connectivity index (χ0v) is 11.4. The Hall–Kier alpha value is -2.65. The molecule has 9 heteroatoms. The Labute approximate surface area is 125 Å². The van der Waals surface area contributed by atoms with Gasteiger partial charge in [-0.25, -0.2) is 4.79 Å². The average Bonchev–Trinajstić information content (AvgIpc) is 2.41. The minimum Gasteiger partial charge on any atom is -0.508 e. The summed E-state index contributed by atoms with van der Waals surface area (Å²) >= 11 is 0. The molecule has 1 aromatic carbocycles. The Balaban J connectivity index is 0.000000433. The first-order valence-electron chi connectivity index (χ1n) is 6.02. The molecule has 0 heterocycles. The molecule has 0 aromatic heterocycles. The summed E-state index contributed by atoms with van der Waals surface area (Å²) in [6, 6.07) is 5.42. The number of benzene rings is 1. The largest absolute Gasteiger partial charge is 0.508 e. The highest BCUT2D eigenvalue weighted by Gasteiger charge is 2.16. The number of aliphatic carboxylic acids is 3. The van der Waals surface area contributed by atoms with Gasteiger partial charge in [-0.2, -0.15) is 0 Å². The van der Waals surface area contributed by atoms with E-state index < -0.39 is 36.5 Å². The van der Waals surface area contributed by atoms with E-state index in [1.807, 2.05) is 0 Å². The van der Waals surface area contributed by atoms with Crippen LogP contribution in [-0.4, -0.2) is 55.6 Å². The monoisotopic (exact) mass is 315 g/mol. The molecule has 9 nitrogen and oxygen atoms in total. The highest BCUT2D eigenvalue weighted by atomic mass is 16.4. The Kier molecular flexibility index (Phi) is 8.19. The third kappa shape index (κ3) is 8.51. The van der Waals surface area contributed by atoms with Crippen molar-refractivity contribution in [2.45, 2.75) is 25.0 Å². The first kappa shape index (κ1) is 19.4. The Morgan fingerprint density at radius 3 is 1.82 bits per heavy atom. The molecule has 2 atom stereocenters. The van der Waals surface area contributed by atoms with Gasteiger partial charge in [0.2, 0.25) is 0 Å².